The van der Waals surface area contributed by atoms with E-state index in [9.17, 15) is 4.79 Å². The van der Waals surface area contributed by atoms with E-state index in [1.54, 1.807) is 0 Å². The highest BCUT2D eigenvalue weighted by atomic mass is 16.2. The first kappa shape index (κ1) is 18.4. The minimum absolute atomic E-state index is 0.0682. The summed E-state index contributed by atoms with van der Waals surface area (Å²) in [7, 11) is 1.97. The predicted octanol–water partition coefficient (Wildman–Crippen LogP) is 3.57. The van der Waals surface area contributed by atoms with Gasteiger partial charge in [-0.3, -0.25) is 9.69 Å². The zero-order valence-corrected chi connectivity index (χ0v) is 16.2. The van der Waals surface area contributed by atoms with Gasteiger partial charge in [0.05, 0.1) is 24.5 Å². The Kier molecular flexibility index (Phi) is 5.53. The predicted molar refractivity (Wildman–Crippen MR) is 110 cm³/mol. The van der Waals surface area contributed by atoms with Gasteiger partial charge >= 0.3 is 0 Å². The lowest BCUT2D eigenvalue weighted by Crippen LogP contribution is -2.37. The molecule has 0 bridgehead atoms. The Hall–Kier alpha value is -2.92. The van der Waals surface area contributed by atoms with Crippen molar-refractivity contribution in [2.45, 2.75) is 25.4 Å². The molecule has 1 aliphatic rings. The van der Waals surface area contributed by atoms with Crippen molar-refractivity contribution >= 4 is 5.91 Å². The molecule has 1 fully saturated rings. The fourth-order valence-corrected chi connectivity index (χ4v) is 3.56. The van der Waals surface area contributed by atoms with Crippen molar-refractivity contribution < 1.29 is 4.79 Å². The molecule has 0 spiro atoms. The van der Waals surface area contributed by atoms with E-state index < -0.39 is 0 Å². The molecule has 1 atom stereocenters. The van der Waals surface area contributed by atoms with Gasteiger partial charge in [0.15, 0.2) is 0 Å². The van der Waals surface area contributed by atoms with Crippen molar-refractivity contribution in [1.29, 1.82) is 0 Å². The first-order chi connectivity index (χ1) is 13.7. The normalized spacial score (nSPS) is 14.8. The van der Waals surface area contributed by atoms with Crippen LogP contribution >= 0.6 is 0 Å². The Morgan fingerprint density at radius 1 is 1.14 bits per heavy atom. The van der Waals surface area contributed by atoms with Gasteiger partial charge in [-0.05, 0) is 43.5 Å². The highest BCUT2D eigenvalue weighted by molar-refractivity contribution is 5.78. The maximum atomic E-state index is 12.6. The van der Waals surface area contributed by atoms with Gasteiger partial charge in [0.1, 0.15) is 0 Å². The quantitative estimate of drug-likeness (QED) is 0.656. The Morgan fingerprint density at radius 2 is 1.82 bits per heavy atom. The van der Waals surface area contributed by atoms with Gasteiger partial charge in [0.2, 0.25) is 5.91 Å². The molecular formula is C23H26N4O. The minimum Gasteiger partial charge on any atom is -0.348 e. The SMILES string of the molecule is CN(CC(=O)NC(c1ccccc1)C1CC1)Cc1cnn(-c2ccccc2)c1. The zero-order valence-electron chi connectivity index (χ0n) is 16.2. The maximum absolute atomic E-state index is 12.6. The van der Waals surface area contributed by atoms with Crippen molar-refractivity contribution in [2.75, 3.05) is 13.6 Å². The molecular weight excluding hydrogens is 348 g/mol. The number of carbonyl (C=O) groups is 1. The first-order valence-corrected chi connectivity index (χ1v) is 9.81. The summed E-state index contributed by atoms with van der Waals surface area (Å²) in [5.74, 6) is 0.638. The molecule has 4 rings (SSSR count). The van der Waals surface area contributed by atoms with Crippen LogP contribution in [0.2, 0.25) is 0 Å². The second-order valence-corrected chi connectivity index (χ2v) is 7.59. The van der Waals surface area contributed by atoms with Crippen LogP contribution in [-0.2, 0) is 11.3 Å². The summed E-state index contributed by atoms with van der Waals surface area (Å²) in [6.45, 7) is 1.05. The van der Waals surface area contributed by atoms with E-state index >= 15 is 0 Å². The third-order valence-electron chi connectivity index (χ3n) is 5.09. The highest BCUT2D eigenvalue weighted by Crippen LogP contribution is 2.40. The molecule has 0 saturated heterocycles. The van der Waals surface area contributed by atoms with Gasteiger partial charge in [-0.25, -0.2) is 4.68 Å². The van der Waals surface area contributed by atoms with Crippen LogP contribution in [0.25, 0.3) is 5.69 Å². The lowest BCUT2D eigenvalue weighted by molar-refractivity contribution is -0.123. The smallest absolute Gasteiger partial charge is 0.234 e. The second kappa shape index (κ2) is 8.40. The molecule has 1 N–H and O–H groups in total. The number of likely N-dealkylation sites (N-methyl/N-ethyl adjacent to an activating group) is 1. The number of nitrogens with one attached hydrogen (secondary N) is 1. The Bertz CT molecular complexity index is 903. The number of para-hydroxylation sites is 1. The van der Waals surface area contributed by atoms with Gasteiger partial charge in [-0.2, -0.15) is 5.10 Å². The molecule has 144 valence electrons. The number of nitrogens with zero attached hydrogens (tertiary/aromatic N) is 3. The maximum Gasteiger partial charge on any atom is 0.234 e. The van der Waals surface area contributed by atoms with E-state index in [-0.39, 0.29) is 11.9 Å². The van der Waals surface area contributed by atoms with Crippen molar-refractivity contribution in [3.8, 4) is 5.69 Å². The van der Waals surface area contributed by atoms with Crippen LogP contribution in [0.1, 0.15) is 30.0 Å². The molecule has 2 aromatic carbocycles. The van der Waals surface area contributed by atoms with Crippen molar-refractivity contribution in [2.24, 2.45) is 5.92 Å². The number of benzene rings is 2. The van der Waals surface area contributed by atoms with Gasteiger partial charge < -0.3 is 5.32 Å². The van der Waals surface area contributed by atoms with E-state index in [4.69, 9.17) is 0 Å². The summed E-state index contributed by atoms with van der Waals surface area (Å²) in [6, 6.07) is 20.4. The Morgan fingerprint density at radius 3 is 2.50 bits per heavy atom. The molecule has 28 heavy (non-hydrogen) atoms. The summed E-state index contributed by atoms with van der Waals surface area (Å²) in [6.07, 6.45) is 6.25. The largest absolute Gasteiger partial charge is 0.348 e. The summed E-state index contributed by atoms with van der Waals surface area (Å²) in [5, 5.41) is 7.67. The molecule has 1 amide bonds. The molecule has 0 aliphatic heterocycles. The Labute approximate surface area is 166 Å². The average molecular weight is 374 g/mol. The lowest BCUT2D eigenvalue weighted by Gasteiger charge is -2.21. The molecule has 0 radical (unpaired) electrons. The van der Waals surface area contributed by atoms with Crippen LogP contribution in [-0.4, -0.2) is 34.2 Å². The molecule has 1 unspecified atom stereocenters. The van der Waals surface area contributed by atoms with Gasteiger partial charge in [-0.1, -0.05) is 48.5 Å². The van der Waals surface area contributed by atoms with E-state index in [1.807, 2.05) is 77.6 Å². The monoisotopic (exact) mass is 374 g/mol. The third kappa shape index (κ3) is 4.67. The van der Waals surface area contributed by atoms with Crippen LogP contribution in [0.3, 0.4) is 0 Å². The fraction of sp³-hybridized carbons (Fsp3) is 0.304. The summed E-state index contributed by atoms with van der Waals surface area (Å²) < 4.78 is 1.86. The molecule has 1 saturated carbocycles. The van der Waals surface area contributed by atoms with Crippen LogP contribution in [0.15, 0.2) is 73.1 Å². The van der Waals surface area contributed by atoms with Crippen molar-refractivity contribution in [1.82, 2.24) is 20.0 Å². The molecule has 5 heteroatoms. The van der Waals surface area contributed by atoms with E-state index in [1.165, 1.54) is 18.4 Å². The zero-order chi connectivity index (χ0) is 19.3. The number of aromatic nitrogens is 2. The summed E-state index contributed by atoms with van der Waals surface area (Å²) >= 11 is 0. The molecule has 1 heterocycles. The third-order valence-corrected chi connectivity index (χ3v) is 5.09. The Balaban J connectivity index is 1.33. The fourth-order valence-electron chi connectivity index (χ4n) is 3.56. The first-order valence-electron chi connectivity index (χ1n) is 9.81. The van der Waals surface area contributed by atoms with Crippen LogP contribution in [0.4, 0.5) is 0 Å². The van der Waals surface area contributed by atoms with E-state index in [0.29, 0.717) is 19.0 Å². The number of hydrogen-bond donors (Lipinski definition) is 1. The van der Waals surface area contributed by atoms with Crippen molar-refractivity contribution in [3.05, 3.63) is 84.2 Å². The van der Waals surface area contributed by atoms with Crippen LogP contribution in [0.5, 0.6) is 0 Å². The highest BCUT2D eigenvalue weighted by Gasteiger charge is 2.33. The number of rotatable bonds is 8. The number of hydrogen-bond acceptors (Lipinski definition) is 3. The standard InChI is InChI=1S/C23H26N4O/c1-26(15-18-14-24-27(16-18)21-10-6-3-7-11-21)17-22(28)25-23(20-12-13-20)19-8-4-2-5-9-19/h2-11,14,16,20,23H,12-13,15,17H2,1H3,(H,25,28). The topological polar surface area (TPSA) is 50.2 Å². The lowest BCUT2D eigenvalue weighted by atomic mass is 10.0. The van der Waals surface area contributed by atoms with Gasteiger partial charge in [0, 0.05) is 18.3 Å². The summed E-state index contributed by atoms with van der Waals surface area (Å²) in [5.41, 5.74) is 3.32. The van der Waals surface area contributed by atoms with Crippen molar-refractivity contribution in [3.63, 3.8) is 0 Å². The second-order valence-electron chi connectivity index (χ2n) is 7.59. The van der Waals surface area contributed by atoms with E-state index in [2.05, 4.69) is 22.5 Å². The molecule has 1 aromatic heterocycles. The van der Waals surface area contributed by atoms with Crippen LogP contribution < -0.4 is 5.32 Å². The number of amides is 1. The van der Waals surface area contributed by atoms with E-state index in [0.717, 1.165) is 11.3 Å². The molecule has 3 aromatic rings. The summed E-state index contributed by atoms with van der Waals surface area (Å²) in [4.78, 5) is 14.6. The van der Waals surface area contributed by atoms with Gasteiger partial charge in [0.25, 0.3) is 0 Å². The minimum atomic E-state index is 0.0682. The number of carbonyl (C=O) groups excluding carboxylic acids is 1. The molecule has 1 aliphatic carbocycles. The van der Waals surface area contributed by atoms with Gasteiger partial charge in [-0.15, -0.1) is 0 Å². The average Bonchev–Trinajstić information content (AvgIpc) is 3.46. The van der Waals surface area contributed by atoms with Crippen LogP contribution in [0, 0.1) is 5.92 Å². The molecule has 5 nitrogen and oxygen atoms in total.